The molecule has 11 heavy (non-hydrogen) atoms. The van der Waals surface area contributed by atoms with Crippen molar-refractivity contribution >= 4 is 11.6 Å². The zero-order valence-corrected chi connectivity index (χ0v) is 7.06. The highest BCUT2D eigenvalue weighted by atomic mass is 35.5. The third-order valence-electron chi connectivity index (χ3n) is 1.35. The van der Waals surface area contributed by atoms with Crippen molar-refractivity contribution in [2.24, 2.45) is 0 Å². The normalized spacial score (nSPS) is 9.27. The van der Waals surface area contributed by atoms with Crippen molar-refractivity contribution in [2.75, 3.05) is 0 Å². The summed E-state index contributed by atoms with van der Waals surface area (Å²) in [7, 11) is 0. The Bertz CT molecular complexity index is 268. The van der Waals surface area contributed by atoms with E-state index in [-0.39, 0.29) is 0 Å². The summed E-state index contributed by atoms with van der Waals surface area (Å²) in [6, 6.07) is 5.47. The van der Waals surface area contributed by atoms with Crippen molar-refractivity contribution in [1.82, 2.24) is 0 Å². The lowest BCUT2D eigenvalue weighted by atomic mass is 10.2. The largest absolute Gasteiger partial charge is 0.466 e. The van der Waals surface area contributed by atoms with Crippen LogP contribution >= 0.6 is 11.6 Å². The maximum absolute atomic E-state index is 5.80. The van der Waals surface area contributed by atoms with Crippen molar-refractivity contribution in [1.29, 1.82) is 0 Å². The first-order valence-electron chi connectivity index (χ1n) is 3.28. The molecule has 1 aromatic carbocycles. The molecular weight excluding hydrogens is 160 g/mol. The van der Waals surface area contributed by atoms with Crippen LogP contribution in [-0.4, -0.2) is 0 Å². The molecule has 0 aliphatic carbocycles. The molecule has 0 saturated heterocycles. The van der Waals surface area contributed by atoms with E-state index in [1.165, 1.54) is 6.26 Å². The molecule has 1 rings (SSSR count). The average Bonchev–Trinajstić information content (AvgIpc) is 1.98. The van der Waals surface area contributed by atoms with Crippen molar-refractivity contribution in [2.45, 2.75) is 6.92 Å². The maximum atomic E-state index is 5.80. The Kier molecular flexibility index (Phi) is 2.55. The monoisotopic (exact) mass is 168 g/mol. The Morgan fingerprint density at radius 3 is 2.82 bits per heavy atom. The average molecular weight is 169 g/mol. The zero-order valence-electron chi connectivity index (χ0n) is 6.30. The molecular formula is C9H9ClO. The second kappa shape index (κ2) is 3.44. The molecule has 0 radical (unpaired) electrons. The van der Waals surface area contributed by atoms with E-state index in [0.717, 1.165) is 16.3 Å². The molecule has 0 heterocycles. The lowest BCUT2D eigenvalue weighted by Crippen LogP contribution is -1.81. The van der Waals surface area contributed by atoms with E-state index in [2.05, 4.69) is 6.58 Å². The lowest BCUT2D eigenvalue weighted by Gasteiger charge is -2.01. The Morgan fingerprint density at radius 1 is 1.55 bits per heavy atom. The fraction of sp³-hybridized carbons (Fsp3) is 0.111. The van der Waals surface area contributed by atoms with Crippen molar-refractivity contribution in [3.05, 3.63) is 41.6 Å². The summed E-state index contributed by atoms with van der Waals surface area (Å²) in [5.41, 5.74) is 1.01. The van der Waals surface area contributed by atoms with E-state index in [1.807, 2.05) is 13.0 Å². The van der Waals surface area contributed by atoms with Crippen LogP contribution in [-0.2, 0) is 0 Å². The second-order valence-electron chi connectivity index (χ2n) is 2.20. The number of hydrogen-bond acceptors (Lipinski definition) is 1. The van der Waals surface area contributed by atoms with Crippen LogP contribution in [0.5, 0.6) is 5.75 Å². The number of aryl methyl sites for hydroxylation is 1. The summed E-state index contributed by atoms with van der Waals surface area (Å²) >= 11 is 5.80. The standard InChI is InChI=1S/C9H9ClO/c1-3-11-8-4-5-9(10)7(2)6-8/h3-6H,1H2,2H3. The molecule has 1 nitrogen and oxygen atoms in total. The van der Waals surface area contributed by atoms with E-state index in [4.69, 9.17) is 16.3 Å². The summed E-state index contributed by atoms with van der Waals surface area (Å²) < 4.78 is 5.05. The molecule has 0 unspecified atom stereocenters. The molecule has 0 saturated carbocycles. The molecule has 0 amide bonds. The third kappa shape index (κ3) is 1.99. The minimum absolute atomic E-state index is 0.751. The minimum Gasteiger partial charge on any atom is -0.466 e. The molecule has 2 heteroatoms. The number of benzene rings is 1. The summed E-state index contributed by atoms with van der Waals surface area (Å²) in [6.07, 6.45) is 1.39. The van der Waals surface area contributed by atoms with E-state index >= 15 is 0 Å². The minimum atomic E-state index is 0.751. The summed E-state index contributed by atoms with van der Waals surface area (Å²) in [4.78, 5) is 0. The number of rotatable bonds is 2. The maximum Gasteiger partial charge on any atom is 0.126 e. The molecule has 0 aromatic heterocycles. The fourth-order valence-electron chi connectivity index (χ4n) is 0.787. The van der Waals surface area contributed by atoms with Gasteiger partial charge >= 0.3 is 0 Å². The van der Waals surface area contributed by atoms with Gasteiger partial charge in [0, 0.05) is 5.02 Å². The Morgan fingerprint density at radius 2 is 2.27 bits per heavy atom. The van der Waals surface area contributed by atoms with Gasteiger partial charge in [0.2, 0.25) is 0 Å². The van der Waals surface area contributed by atoms with Crippen LogP contribution in [0.4, 0.5) is 0 Å². The van der Waals surface area contributed by atoms with Gasteiger partial charge in [0.05, 0.1) is 6.26 Å². The first-order chi connectivity index (χ1) is 5.24. The summed E-state index contributed by atoms with van der Waals surface area (Å²) in [6.45, 7) is 5.38. The highest BCUT2D eigenvalue weighted by molar-refractivity contribution is 6.31. The number of ether oxygens (including phenoxy) is 1. The Labute approximate surface area is 71.3 Å². The van der Waals surface area contributed by atoms with Crippen LogP contribution in [0, 0.1) is 6.92 Å². The van der Waals surface area contributed by atoms with Gasteiger partial charge in [-0.15, -0.1) is 0 Å². The van der Waals surface area contributed by atoms with Crippen LogP contribution in [0.3, 0.4) is 0 Å². The van der Waals surface area contributed by atoms with Crippen molar-refractivity contribution < 1.29 is 4.74 Å². The van der Waals surface area contributed by atoms with Gasteiger partial charge in [-0.2, -0.15) is 0 Å². The van der Waals surface area contributed by atoms with Gasteiger partial charge < -0.3 is 4.74 Å². The Hall–Kier alpha value is -0.950. The Balaban J connectivity index is 2.95. The molecule has 0 aliphatic heterocycles. The molecule has 0 bridgehead atoms. The number of hydrogen-bond donors (Lipinski definition) is 0. The van der Waals surface area contributed by atoms with Crippen LogP contribution in [0.1, 0.15) is 5.56 Å². The van der Waals surface area contributed by atoms with Gasteiger partial charge in [0.15, 0.2) is 0 Å². The molecule has 58 valence electrons. The van der Waals surface area contributed by atoms with Gasteiger partial charge in [-0.05, 0) is 30.7 Å². The fourth-order valence-corrected chi connectivity index (χ4v) is 0.904. The van der Waals surface area contributed by atoms with E-state index < -0.39 is 0 Å². The second-order valence-corrected chi connectivity index (χ2v) is 2.60. The molecule has 0 spiro atoms. The molecule has 1 aromatic rings. The number of halogens is 1. The van der Waals surface area contributed by atoms with Crippen molar-refractivity contribution in [3.8, 4) is 5.75 Å². The topological polar surface area (TPSA) is 9.23 Å². The molecule has 0 atom stereocenters. The lowest BCUT2D eigenvalue weighted by molar-refractivity contribution is 0.483. The van der Waals surface area contributed by atoms with E-state index in [1.54, 1.807) is 12.1 Å². The highest BCUT2D eigenvalue weighted by Crippen LogP contribution is 2.20. The van der Waals surface area contributed by atoms with E-state index in [0.29, 0.717) is 0 Å². The van der Waals surface area contributed by atoms with Gasteiger partial charge in [-0.1, -0.05) is 18.2 Å². The van der Waals surface area contributed by atoms with Crippen LogP contribution < -0.4 is 4.74 Å². The summed E-state index contributed by atoms with van der Waals surface area (Å²) in [5.74, 6) is 0.766. The predicted molar refractivity (Wildman–Crippen MR) is 47.0 cm³/mol. The van der Waals surface area contributed by atoms with Crippen LogP contribution in [0.2, 0.25) is 5.02 Å². The predicted octanol–water partition coefficient (Wildman–Crippen LogP) is 3.17. The zero-order chi connectivity index (χ0) is 8.27. The molecule has 0 N–H and O–H groups in total. The van der Waals surface area contributed by atoms with Gasteiger partial charge in [-0.3, -0.25) is 0 Å². The SMILES string of the molecule is C=COc1ccc(Cl)c(C)c1. The smallest absolute Gasteiger partial charge is 0.126 e. The first kappa shape index (κ1) is 8.15. The third-order valence-corrected chi connectivity index (χ3v) is 1.77. The van der Waals surface area contributed by atoms with Crippen molar-refractivity contribution in [3.63, 3.8) is 0 Å². The highest BCUT2D eigenvalue weighted by Gasteiger charge is 1.95. The van der Waals surface area contributed by atoms with Gasteiger partial charge in [0.1, 0.15) is 5.75 Å². The molecule has 0 fully saturated rings. The van der Waals surface area contributed by atoms with Gasteiger partial charge in [-0.25, -0.2) is 0 Å². The van der Waals surface area contributed by atoms with Crippen LogP contribution in [0.25, 0.3) is 0 Å². The first-order valence-corrected chi connectivity index (χ1v) is 3.65. The van der Waals surface area contributed by atoms with Crippen LogP contribution in [0.15, 0.2) is 31.0 Å². The van der Waals surface area contributed by atoms with E-state index in [9.17, 15) is 0 Å². The quantitative estimate of drug-likeness (QED) is 0.617. The molecule has 0 aliphatic rings. The van der Waals surface area contributed by atoms with Gasteiger partial charge in [0.25, 0.3) is 0 Å². The summed E-state index contributed by atoms with van der Waals surface area (Å²) in [5, 5.41) is 0.751.